The Morgan fingerprint density at radius 1 is 1.50 bits per heavy atom. The van der Waals surface area contributed by atoms with E-state index in [0.717, 1.165) is 9.63 Å². The number of hydrogen-bond acceptors (Lipinski definition) is 8. The van der Waals surface area contributed by atoms with Gasteiger partial charge in [0.25, 0.3) is 5.69 Å². The first-order valence-electron chi connectivity index (χ1n) is 6.87. The fraction of sp³-hybridized carbons (Fsp3) is 0.286. The Labute approximate surface area is 141 Å². The van der Waals surface area contributed by atoms with E-state index in [1.54, 1.807) is 12.1 Å². The summed E-state index contributed by atoms with van der Waals surface area (Å²) in [4.78, 5) is 26.3. The van der Waals surface area contributed by atoms with E-state index in [1.165, 1.54) is 37.2 Å². The number of non-ortho nitro benzene ring substituents is 1. The summed E-state index contributed by atoms with van der Waals surface area (Å²) in [5, 5.41) is 20.7. The number of nitrogens with zero attached hydrogens (tertiary/aromatic N) is 3. The van der Waals surface area contributed by atoms with Crippen molar-refractivity contribution in [3.8, 4) is 0 Å². The van der Waals surface area contributed by atoms with Crippen molar-refractivity contribution in [3.63, 3.8) is 0 Å². The number of thioether (sulfide) groups is 1. The first-order valence-corrected chi connectivity index (χ1v) is 7.86. The molecule has 2 aromatic rings. The van der Waals surface area contributed by atoms with Gasteiger partial charge in [-0.2, -0.15) is 4.73 Å². The number of esters is 1. The molecule has 0 saturated carbocycles. The van der Waals surface area contributed by atoms with Crippen LogP contribution in [0.25, 0.3) is 0 Å². The van der Waals surface area contributed by atoms with Crippen LogP contribution in [-0.2, 0) is 21.7 Å². The molecule has 1 aromatic carbocycles. The van der Waals surface area contributed by atoms with Gasteiger partial charge in [0.05, 0.1) is 29.7 Å². The van der Waals surface area contributed by atoms with Gasteiger partial charge in [-0.15, -0.1) is 11.8 Å². The molecule has 0 unspecified atom stereocenters. The van der Waals surface area contributed by atoms with Gasteiger partial charge in [0.1, 0.15) is 6.04 Å². The molecule has 0 bridgehead atoms. The molecule has 0 aliphatic rings. The van der Waals surface area contributed by atoms with Gasteiger partial charge in [0, 0.05) is 23.4 Å². The number of ether oxygens (including phenoxy) is 1. The topological polar surface area (TPSA) is 134 Å². The van der Waals surface area contributed by atoms with Gasteiger partial charge < -0.3 is 15.7 Å². The quantitative estimate of drug-likeness (QED) is 0.251. The second-order valence-electron chi connectivity index (χ2n) is 4.85. The zero-order valence-electron chi connectivity index (χ0n) is 12.8. The van der Waals surface area contributed by atoms with Gasteiger partial charge in [0.2, 0.25) is 0 Å². The highest BCUT2D eigenvalue weighted by molar-refractivity contribution is 7.98. The fourth-order valence-corrected chi connectivity index (χ4v) is 2.75. The van der Waals surface area contributed by atoms with Crippen LogP contribution in [-0.4, -0.2) is 39.0 Å². The van der Waals surface area contributed by atoms with Crippen LogP contribution < -0.4 is 5.73 Å². The fourth-order valence-electron chi connectivity index (χ4n) is 1.93. The lowest BCUT2D eigenvalue weighted by atomic mass is 10.2. The molecule has 0 spiro atoms. The van der Waals surface area contributed by atoms with Gasteiger partial charge in [-0.05, 0) is 12.1 Å². The maximum absolute atomic E-state index is 11.3. The standard InChI is InChI=1S/C14H16N4O5S/c1-23-14(19)12(15)6-10-7-16-13(17(10)20)8-24-11-4-2-9(3-5-11)18(21)22/h2-5,7,12,20H,6,8,15H2,1H3/t12-/m0/s1. The zero-order chi connectivity index (χ0) is 17.7. The summed E-state index contributed by atoms with van der Waals surface area (Å²) in [6.45, 7) is 0. The van der Waals surface area contributed by atoms with Crippen molar-refractivity contribution in [1.82, 2.24) is 9.71 Å². The van der Waals surface area contributed by atoms with Gasteiger partial charge in [0.15, 0.2) is 5.82 Å². The molecule has 10 heteroatoms. The largest absolute Gasteiger partial charge is 0.468 e. The van der Waals surface area contributed by atoms with E-state index in [0.29, 0.717) is 17.3 Å². The zero-order valence-corrected chi connectivity index (χ0v) is 13.6. The Hall–Kier alpha value is -2.59. The number of rotatable bonds is 7. The third kappa shape index (κ3) is 4.24. The highest BCUT2D eigenvalue weighted by Gasteiger charge is 2.18. The maximum Gasteiger partial charge on any atom is 0.323 e. The SMILES string of the molecule is COC(=O)[C@@H](N)Cc1cnc(CSc2ccc([N+](=O)[O-])cc2)n1O. The van der Waals surface area contributed by atoms with Crippen LogP contribution in [0.2, 0.25) is 0 Å². The molecule has 1 heterocycles. The summed E-state index contributed by atoms with van der Waals surface area (Å²) in [7, 11) is 1.24. The van der Waals surface area contributed by atoms with Crippen molar-refractivity contribution in [2.75, 3.05) is 7.11 Å². The second-order valence-corrected chi connectivity index (χ2v) is 5.90. The van der Waals surface area contributed by atoms with Gasteiger partial charge in [-0.25, -0.2) is 4.98 Å². The van der Waals surface area contributed by atoms with E-state index in [2.05, 4.69) is 9.72 Å². The van der Waals surface area contributed by atoms with Gasteiger partial charge in [-0.3, -0.25) is 14.9 Å². The average Bonchev–Trinajstić information content (AvgIpc) is 2.92. The van der Waals surface area contributed by atoms with E-state index in [9.17, 15) is 20.1 Å². The van der Waals surface area contributed by atoms with E-state index >= 15 is 0 Å². The summed E-state index contributed by atoms with van der Waals surface area (Å²) in [5.41, 5.74) is 6.07. The van der Waals surface area contributed by atoms with Crippen molar-refractivity contribution in [3.05, 3.63) is 52.1 Å². The molecule has 0 aliphatic carbocycles. The van der Waals surface area contributed by atoms with Crippen LogP contribution in [0.5, 0.6) is 0 Å². The van der Waals surface area contributed by atoms with Crippen LogP contribution in [0.4, 0.5) is 5.69 Å². The Balaban J connectivity index is 1.98. The number of imidazole rings is 1. The Morgan fingerprint density at radius 3 is 2.75 bits per heavy atom. The van der Waals surface area contributed by atoms with Crippen LogP contribution >= 0.6 is 11.8 Å². The van der Waals surface area contributed by atoms with Crippen LogP contribution in [0, 0.1) is 10.1 Å². The van der Waals surface area contributed by atoms with E-state index in [1.807, 2.05) is 0 Å². The number of carbonyl (C=O) groups is 1. The number of benzene rings is 1. The van der Waals surface area contributed by atoms with Crippen molar-refractivity contribution in [2.45, 2.75) is 23.1 Å². The predicted octanol–water partition coefficient (Wildman–Crippen LogP) is 1.36. The lowest BCUT2D eigenvalue weighted by Gasteiger charge is -2.09. The van der Waals surface area contributed by atoms with Crippen molar-refractivity contribution >= 4 is 23.4 Å². The molecule has 1 atom stereocenters. The predicted molar refractivity (Wildman–Crippen MR) is 85.8 cm³/mol. The summed E-state index contributed by atoms with van der Waals surface area (Å²) < 4.78 is 5.43. The number of hydrogen-bond donors (Lipinski definition) is 2. The Morgan fingerprint density at radius 2 is 2.17 bits per heavy atom. The number of methoxy groups -OCH3 is 1. The lowest BCUT2D eigenvalue weighted by molar-refractivity contribution is -0.384. The molecular weight excluding hydrogens is 336 g/mol. The van der Waals surface area contributed by atoms with Gasteiger partial charge >= 0.3 is 5.97 Å². The first kappa shape index (κ1) is 17.8. The van der Waals surface area contributed by atoms with Crippen LogP contribution in [0.3, 0.4) is 0 Å². The molecule has 128 valence electrons. The summed E-state index contributed by atoms with van der Waals surface area (Å²) in [5.74, 6) is 0.158. The molecule has 1 aromatic heterocycles. The summed E-state index contributed by atoms with van der Waals surface area (Å²) >= 11 is 1.36. The smallest absolute Gasteiger partial charge is 0.323 e. The molecule has 0 saturated heterocycles. The Kier molecular flexibility index (Phi) is 5.77. The van der Waals surface area contributed by atoms with Gasteiger partial charge in [-0.1, -0.05) is 0 Å². The molecule has 3 N–H and O–H groups in total. The monoisotopic (exact) mass is 352 g/mol. The molecule has 9 nitrogen and oxygen atoms in total. The van der Waals surface area contributed by atoms with Crippen molar-refractivity contribution < 1.29 is 19.7 Å². The molecule has 0 radical (unpaired) electrons. The van der Waals surface area contributed by atoms with E-state index < -0.39 is 16.9 Å². The Bertz CT molecular complexity index is 731. The van der Waals surface area contributed by atoms with Crippen LogP contribution in [0.15, 0.2) is 35.4 Å². The first-order chi connectivity index (χ1) is 11.4. The molecule has 24 heavy (non-hydrogen) atoms. The normalized spacial score (nSPS) is 11.9. The average molecular weight is 352 g/mol. The molecular formula is C14H16N4O5S. The minimum absolute atomic E-state index is 0.0158. The number of aromatic nitrogens is 2. The van der Waals surface area contributed by atoms with E-state index in [4.69, 9.17) is 5.73 Å². The second kappa shape index (κ2) is 7.79. The van der Waals surface area contributed by atoms with E-state index in [-0.39, 0.29) is 12.1 Å². The minimum Gasteiger partial charge on any atom is -0.468 e. The number of nitro benzene ring substituents is 1. The maximum atomic E-state index is 11.3. The van der Waals surface area contributed by atoms with Crippen molar-refractivity contribution in [1.29, 1.82) is 0 Å². The van der Waals surface area contributed by atoms with Crippen molar-refractivity contribution in [2.24, 2.45) is 5.73 Å². The third-order valence-electron chi connectivity index (χ3n) is 3.23. The minimum atomic E-state index is -0.882. The highest BCUT2D eigenvalue weighted by atomic mass is 32.2. The van der Waals surface area contributed by atoms with Crippen LogP contribution in [0.1, 0.15) is 11.5 Å². The lowest BCUT2D eigenvalue weighted by Crippen LogP contribution is -2.34. The molecule has 2 rings (SSSR count). The third-order valence-corrected chi connectivity index (χ3v) is 4.24. The number of carbonyl (C=O) groups excluding carboxylic acids is 1. The highest BCUT2D eigenvalue weighted by Crippen LogP contribution is 2.24. The number of nitrogens with two attached hydrogens (primary N) is 1. The molecule has 0 fully saturated rings. The molecule has 0 aliphatic heterocycles. The summed E-state index contributed by atoms with van der Waals surface area (Å²) in [6.07, 6.45) is 1.53. The number of nitro groups is 1. The molecule has 0 amide bonds. The summed E-state index contributed by atoms with van der Waals surface area (Å²) in [6, 6.07) is 5.19.